The summed E-state index contributed by atoms with van der Waals surface area (Å²) in [7, 11) is 2.89. The van der Waals surface area contributed by atoms with Crippen LogP contribution in [0.3, 0.4) is 0 Å². The molecule has 0 spiro atoms. The van der Waals surface area contributed by atoms with Gasteiger partial charge in [0, 0.05) is 52.6 Å². The Morgan fingerprint density at radius 2 is 0.906 bits per heavy atom. The molecule has 2 rings (SSSR count). The lowest BCUT2D eigenvalue weighted by atomic mass is 10.3. The van der Waals surface area contributed by atoms with Crippen LogP contribution < -0.4 is 10.6 Å². The molecule has 176 valence electrons. The van der Waals surface area contributed by atoms with Crippen LogP contribution in [0, 0.1) is 0 Å². The number of rotatable bonds is 8. The monoisotopic (exact) mass is 456 g/mol. The molecule has 0 aromatic heterocycles. The molecular weight excluding hydrogens is 432 g/mol. The van der Waals surface area contributed by atoms with Crippen molar-refractivity contribution in [2.24, 2.45) is 0 Å². The number of carbonyl (C=O) groups excluding carboxylic acids is 8. The lowest BCUT2D eigenvalue weighted by molar-refractivity contribution is -0.197. The molecule has 0 aromatic rings. The fraction of sp³-hybridized carbons (Fsp3) is 0.556. The highest BCUT2D eigenvalue weighted by Gasteiger charge is 2.33. The number of imide groups is 2. The fourth-order valence-corrected chi connectivity index (χ4v) is 2.29. The van der Waals surface area contributed by atoms with Crippen molar-refractivity contribution in [1.82, 2.24) is 20.8 Å². The van der Waals surface area contributed by atoms with Gasteiger partial charge in [0.2, 0.25) is 11.8 Å². The number of amides is 6. The molecule has 2 heterocycles. The van der Waals surface area contributed by atoms with Crippen molar-refractivity contribution in [1.29, 1.82) is 0 Å². The van der Waals surface area contributed by atoms with Crippen LogP contribution in [0.4, 0.5) is 0 Å². The van der Waals surface area contributed by atoms with E-state index in [0.29, 0.717) is 10.1 Å². The van der Waals surface area contributed by atoms with Gasteiger partial charge in [-0.25, -0.2) is 9.59 Å². The van der Waals surface area contributed by atoms with E-state index >= 15 is 0 Å². The van der Waals surface area contributed by atoms with Crippen molar-refractivity contribution in [3.63, 3.8) is 0 Å². The Morgan fingerprint density at radius 1 is 0.625 bits per heavy atom. The van der Waals surface area contributed by atoms with E-state index < -0.39 is 35.6 Å². The van der Waals surface area contributed by atoms with E-state index in [1.807, 2.05) is 0 Å². The first-order chi connectivity index (χ1) is 15.1. The van der Waals surface area contributed by atoms with Gasteiger partial charge in [-0.3, -0.25) is 28.8 Å². The number of nitrogens with zero attached hydrogens (tertiary/aromatic N) is 2. The predicted octanol–water partition coefficient (Wildman–Crippen LogP) is -1.76. The van der Waals surface area contributed by atoms with Gasteiger partial charge < -0.3 is 20.3 Å². The van der Waals surface area contributed by atoms with Crippen LogP contribution in [-0.2, 0) is 48.0 Å². The lowest BCUT2D eigenvalue weighted by Crippen LogP contribution is -2.32. The quantitative estimate of drug-likeness (QED) is 0.396. The van der Waals surface area contributed by atoms with Crippen molar-refractivity contribution in [3.05, 3.63) is 0 Å². The molecule has 0 unspecified atom stereocenters. The molecule has 2 saturated heterocycles. The Hall–Kier alpha value is -3.84. The molecule has 0 radical (unpaired) electrons. The lowest BCUT2D eigenvalue weighted by Gasteiger charge is -2.12. The second-order valence-corrected chi connectivity index (χ2v) is 6.44. The summed E-state index contributed by atoms with van der Waals surface area (Å²) in [5.74, 6) is -4.28. The van der Waals surface area contributed by atoms with E-state index in [-0.39, 0.29) is 63.2 Å². The number of nitrogens with one attached hydrogen (secondary N) is 2. The summed E-state index contributed by atoms with van der Waals surface area (Å²) >= 11 is 0. The third kappa shape index (κ3) is 8.49. The maximum absolute atomic E-state index is 11.2. The zero-order valence-electron chi connectivity index (χ0n) is 17.6. The average Bonchev–Trinajstić information content (AvgIpc) is 3.26. The van der Waals surface area contributed by atoms with Crippen LogP contribution in [0.5, 0.6) is 0 Å². The summed E-state index contributed by atoms with van der Waals surface area (Å²) in [4.78, 5) is 97.3. The molecule has 0 bridgehead atoms. The summed E-state index contributed by atoms with van der Waals surface area (Å²) < 4.78 is 0. The maximum atomic E-state index is 11.2. The normalized spacial score (nSPS) is 15.2. The van der Waals surface area contributed by atoms with Crippen molar-refractivity contribution in [3.8, 4) is 0 Å². The molecule has 2 aliphatic heterocycles. The van der Waals surface area contributed by atoms with Crippen molar-refractivity contribution in [2.45, 2.75) is 51.4 Å². The molecule has 2 fully saturated rings. The van der Waals surface area contributed by atoms with Gasteiger partial charge >= 0.3 is 11.9 Å². The predicted molar refractivity (Wildman–Crippen MR) is 101 cm³/mol. The summed E-state index contributed by atoms with van der Waals surface area (Å²) in [5.41, 5.74) is 0. The highest BCUT2D eigenvalue weighted by atomic mass is 16.7. The van der Waals surface area contributed by atoms with Gasteiger partial charge in [-0.2, -0.15) is 0 Å². The van der Waals surface area contributed by atoms with Gasteiger partial charge in [0.1, 0.15) is 0 Å². The summed E-state index contributed by atoms with van der Waals surface area (Å²) in [5, 5.41) is 5.60. The first-order valence-corrected chi connectivity index (χ1v) is 9.63. The molecular formula is C18H24N4O10. The van der Waals surface area contributed by atoms with E-state index in [0.717, 1.165) is 0 Å². The van der Waals surface area contributed by atoms with Gasteiger partial charge in [0.05, 0.1) is 12.8 Å². The maximum Gasteiger partial charge on any atom is 0.333 e. The average molecular weight is 456 g/mol. The number of carbonyl (C=O) groups is 8. The van der Waals surface area contributed by atoms with E-state index in [1.165, 1.54) is 14.1 Å². The first-order valence-electron chi connectivity index (χ1n) is 9.63. The molecule has 14 heteroatoms. The molecule has 2 aliphatic rings. The minimum atomic E-state index is -0.771. The smallest absolute Gasteiger partial charge is 0.333 e. The molecule has 0 aromatic carbocycles. The van der Waals surface area contributed by atoms with Crippen LogP contribution in [0.1, 0.15) is 51.4 Å². The Kier molecular flexibility index (Phi) is 10.4. The molecule has 0 atom stereocenters. The first kappa shape index (κ1) is 26.2. The van der Waals surface area contributed by atoms with E-state index in [4.69, 9.17) is 0 Å². The topological polar surface area (TPSA) is 186 Å². The largest absolute Gasteiger partial charge is 0.359 e. The number of hydrogen-bond donors (Lipinski definition) is 2. The summed E-state index contributed by atoms with van der Waals surface area (Å²) in [6, 6.07) is 0. The van der Waals surface area contributed by atoms with Crippen molar-refractivity contribution < 1.29 is 48.0 Å². The Labute approximate surface area is 182 Å². The second-order valence-electron chi connectivity index (χ2n) is 6.44. The molecule has 32 heavy (non-hydrogen) atoms. The van der Waals surface area contributed by atoms with Crippen LogP contribution >= 0.6 is 0 Å². The number of hydroxylamine groups is 4. The highest BCUT2D eigenvalue weighted by Crippen LogP contribution is 2.13. The molecule has 0 saturated carbocycles. The van der Waals surface area contributed by atoms with Crippen LogP contribution in [0.15, 0.2) is 0 Å². The third-order valence-electron chi connectivity index (χ3n) is 4.07. The van der Waals surface area contributed by atoms with Gasteiger partial charge in [-0.05, 0) is 0 Å². The van der Waals surface area contributed by atoms with Gasteiger partial charge in [-0.15, -0.1) is 10.1 Å². The van der Waals surface area contributed by atoms with E-state index in [2.05, 4.69) is 20.3 Å². The Balaban J connectivity index is 0.000000320. The van der Waals surface area contributed by atoms with Crippen molar-refractivity contribution in [2.75, 3.05) is 14.1 Å². The van der Waals surface area contributed by atoms with Gasteiger partial charge in [0.25, 0.3) is 23.6 Å². The van der Waals surface area contributed by atoms with Crippen LogP contribution in [0.2, 0.25) is 0 Å². The SMILES string of the molecule is CNC(=O)CCC(=O)ON1C(=O)CCC1=O.CNC(=O)CCC(=O)ON1C(=O)CCC1=O. The zero-order chi connectivity index (χ0) is 24.3. The minimum Gasteiger partial charge on any atom is -0.359 e. The summed E-state index contributed by atoms with van der Waals surface area (Å²) in [6.07, 6.45) is -0.184. The third-order valence-corrected chi connectivity index (χ3v) is 4.07. The molecule has 14 nitrogen and oxygen atoms in total. The highest BCUT2D eigenvalue weighted by molar-refractivity contribution is 6.02. The summed E-state index contributed by atoms with van der Waals surface area (Å²) in [6.45, 7) is 0. The van der Waals surface area contributed by atoms with Crippen LogP contribution in [0.25, 0.3) is 0 Å². The molecule has 6 amide bonds. The second kappa shape index (κ2) is 12.8. The number of hydrogen-bond acceptors (Lipinski definition) is 10. The van der Waals surface area contributed by atoms with Crippen molar-refractivity contribution >= 4 is 47.4 Å². The van der Waals surface area contributed by atoms with E-state index in [9.17, 15) is 38.4 Å². The van der Waals surface area contributed by atoms with Gasteiger partial charge in [0.15, 0.2) is 0 Å². The minimum absolute atomic E-state index is 0.0362. The zero-order valence-corrected chi connectivity index (χ0v) is 17.6. The van der Waals surface area contributed by atoms with Gasteiger partial charge in [-0.1, -0.05) is 0 Å². The molecule has 2 N–H and O–H groups in total. The van der Waals surface area contributed by atoms with E-state index in [1.54, 1.807) is 0 Å². The standard InChI is InChI=1S/2C9H12N2O5/c2*1-10-6(12)2-5-9(15)16-11-7(13)3-4-8(11)14/h2*2-5H2,1H3,(H,10,12). The van der Waals surface area contributed by atoms with Crippen LogP contribution in [-0.4, -0.2) is 71.6 Å². The fourth-order valence-electron chi connectivity index (χ4n) is 2.29. The Bertz CT molecular complexity index is 712. The Morgan fingerprint density at radius 3 is 1.16 bits per heavy atom. The molecule has 0 aliphatic carbocycles.